The van der Waals surface area contributed by atoms with Crippen molar-refractivity contribution in [1.82, 2.24) is 19.8 Å². The standard InChI is InChI=1S/C27H32N4O4S/c1-18-14-19(2)24(20(3)15-18)10-11-25-26(21(4)30-35-25)36(33,34)31-13-7-8-22(17-31)27(32)29-16-23-9-5-6-12-28-23/h5-6,9-12,14-15,22H,7-8,13,16-17H2,1-4H3,(H,29,32). The van der Waals surface area contributed by atoms with E-state index >= 15 is 0 Å². The number of aromatic nitrogens is 2. The van der Waals surface area contributed by atoms with Crippen LogP contribution in [0.3, 0.4) is 0 Å². The quantitative estimate of drug-likeness (QED) is 0.513. The molecule has 9 heteroatoms. The molecule has 0 saturated carbocycles. The number of hydrogen-bond acceptors (Lipinski definition) is 6. The van der Waals surface area contributed by atoms with Crippen LogP contribution in [0.1, 0.15) is 52.2 Å². The molecule has 3 heterocycles. The van der Waals surface area contributed by atoms with Crippen LogP contribution in [0, 0.1) is 33.6 Å². The first-order valence-corrected chi connectivity index (χ1v) is 13.5. The van der Waals surface area contributed by atoms with Crippen molar-refractivity contribution in [3.63, 3.8) is 0 Å². The lowest BCUT2D eigenvalue weighted by Gasteiger charge is -2.31. The van der Waals surface area contributed by atoms with Crippen molar-refractivity contribution < 1.29 is 17.7 Å². The largest absolute Gasteiger partial charge is 0.355 e. The number of piperidine rings is 1. The first-order chi connectivity index (χ1) is 17.2. The Morgan fingerprint density at radius 3 is 2.61 bits per heavy atom. The van der Waals surface area contributed by atoms with Crippen molar-refractivity contribution in [2.75, 3.05) is 13.1 Å². The second kappa shape index (κ2) is 10.8. The van der Waals surface area contributed by atoms with Gasteiger partial charge in [-0.05, 0) is 75.4 Å². The summed E-state index contributed by atoms with van der Waals surface area (Å²) in [5.74, 6) is -0.420. The highest BCUT2D eigenvalue weighted by Gasteiger charge is 2.36. The van der Waals surface area contributed by atoms with E-state index in [2.05, 4.69) is 27.6 Å². The number of amides is 1. The van der Waals surface area contributed by atoms with Gasteiger partial charge in [-0.15, -0.1) is 0 Å². The number of rotatable bonds is 7. The maximum atomic E-state index is 13.7. The Morgan fingerprint density at radius 1 is 1.17 bits per heavy atom. The summed E-state index contributed by atoms with van der Waals surface area (Å²) in [7, 11) is -3.91. The van der Waals surface area contributed by atoms with E-state index in [0.717, 1.165) is 22.4 Å². The fourth-order valence-corrected chi connectivity index (χ4v) is 6.51. The summed E-state index contributed by atoms with van der Waals surface area (Å²) in [5, 5.41) is 6.83. The average Bonchev–Trinajstić information content (AvgIpc) is 3.23. The zero-order valence-corrected chi connectivity index (χ0v) is 21.9. The van der Waals surface area contributed by atoms with Gasteiger partial charge >= 0.3 is 0 Å². The molecule has 1 fully saturated rings. The van der Waals surface area contributed by atoms with Crippen LogP contribution in [0.25, 0.3) is 12.2 Å². The van der Waals surface area contributed by atoms with E-state index in [-0.39, 0.29) is 23.1 Å². The number of hydrogen-bond donors (Lipinski definition) is 1. The first kappa shape index (κ1) is 25.8. The molecule has 0 aliphatic carbocycles. The molecule has 36 heavy (non-hydrogen) atoms. The van der Waals surface area contributed by atoms with Gasteiger partial charge < -0.3 is 9.84 Å². The minimum Gasteiger partial charge on any atom is -0.355 e. The van der Waals surface area contributed by atoms with E-state index in [9.17, 15) is 13.2 Å². The molecule has 1 aliphatic heterocycles. The SMILES string of the molecule is Cc1cc(C)c(C=Cc2onc(C)c2S(=O)(=O)N2CCCC(C(=O)NCc3ccccn3)C2)c(C)c1. The van der Waals surface area contributed by atoms with Gasteiger partial charge in [0.05, 0.1) is 18.2 Å². The highest BCUT2D eigenvalue weighted by atomic mass is 32.2. The molecule has 0 radical (unpaired) electrons. The third-order valence-corrected chi connectivity index (χ3v) is 8.52. The predicted molar refractivity (Wildman–Crippen MR) is 138 cm³/mol. The van der Waals surface area contributed by atoms with Crippen LogP contribution in [-0.2, 0) is 21.4 Å². The van der Waals surface area contributed by atoms with Crippen LogP contribution in [0.5, 0.6) is 0 Å². The van der Waals surface area contributed by atoms with Gasteiger partial charge in [-0.3, -0.25) is 9.78 Å². The number of carbonyl (C=O) groups excluding carboxylic acids is 1. The topological polar surface area (TPSA) is 105 Å². The molecule has 2 aromatic heterocycles. The van der Waals surface area contributed by atoms with Crippen molar-refractivity contribution in [2.24, 2.45) is 5.92 Å². The zero-order valence-electron chi connectivity index (χ0n) is 21.1. The van der Waals surface area contributed by atoms with Gasteiger partial charge in [0, 0.05) is 19.3 Å². The Hall–Kier alpha value is -3.30. The smallest absolute Gasteiger partial charge is 0.248 e. The molecule has 1 unspecified atom stereocenters. The van der Waals surface area contributed by atoms with Gasteiger partial charge in [0.25, 0.3) is 0 Å². The lowest BCUT2D eigenvalue weighted by atomic mass is 9.99. The molecule has 1 saturated heterocycles. The normalized spacial score (nSPS) is 16.9. The molecule has 190 valence electrons. The molecular formula is C27H32N4O4S. The molecule has 0 bridgehead atoms. The maximum Gasteiger partial charge on any atom is 0.248 e. The van der Waals surface area contributed by atoms with E-state index < -0.39 is 15.9 Å². The Bertz CT molecular complexity index is 1360. The molecule has 1 aliphatic rings. The van der Waals surface area contributed by atoms with Crippen LogP contribution < -0.4 is 5.32 Å². The molecule has 1 atom stereocenters. The highest BCUT2D eigenvalue weighted by Crippen LogP contribution is 2.30. The van der Waals surface area contributed by atoms with E-state index in [1.165, 1.54) is 9.87 Å². The van der Waals surface area contributed by atoms with Crippen LogP contribution >= 0.6 is 0 Å². The summed E-state index contributed by atoms with van der Waals surface area (Å²) in [6.45, 7) is 8.47. The number of pyridine rings is 1. The van der Waals surface area contributed by atoms with Crippen LogP contribution in [0.4, 0.5) is 0 Å². The Balaban J connectivity index is 1.52. The number of carbonyl (C=O) groups is 1. The van der Waals surface area contributed by atoms with Crippen molar-refractivity contribution in [3.05, 3.63) is 75.9 Å². The lowest BCUT2D eigenvalue weighted by molar-refractivity contribution is -0.126. The van der Waals surface area contributed by atoms with Gasteiger partial charge in [0.15, 0.2) is 10.7 Å². The molecule has 3 aromatic rings. The van der Waals surface area contributed by atoms with Crippen molar-refractivity contribution in [1.29, 1.82) is 0 Å². The van der Waals surface area contributed by atoms with Gasteiger partial charge in [-0.25, -0.2) is 8.42 Å². The predicted octanol–water partition coefficient (Wildman–Crippen LogP) is 4.19. The molecule has 1 N–H and O–H groups in total. The molecule has 0 spiro atoms. The monoisotopic (exact) mass is 508 g/mol. The number of sulfonamides is 1. The van der Waals surface area contributed by atoms with E-state index in [4.69, 9.17) is 4.52 Å². The minimum absolute atomic E-state index is 0.0516. The van der Waals surface area contributed by atoms with Crippen LogP contribution in [0.15, 0.2) is 45.9 Å². The van der Waals surface area contributed by atoms with Gasteiger partial charge in [-0.2, -0.15) is 4.31 Å². The summed E-state index contributed by atoms with van der Waals surface area (Å²) < 4.78 is 34.2. The molecule has 4 rings (SSSR count). The van der Waals surface area contributed by atoms with Gasteiger partial charge in [0.2, 0.25) is 15.9 Å². The van der Waals surface area contributed by atoms with E-state index in [1.807, 2.05) is 45.0 Å². The van der Waals surface area contributed by atoms with Crippen LogP contribution in [-0.4, -0.2) is 41.9 Å². The first-order valence-electron chi connectivity index (χ1n) is 12.1. The summed E-state index contributed by atoms with van der Waals surface area (Å²) >= 11 is 0. The summed E-state index contributed by atoms with van der Waals surface area (Å²) in [5.41, 5.74) is 5.43. The van der Waals surface area contributed by atoms with E-state index in [1.54, 1.807) is 19.2 Å². The summed E-state index contributed by atoms with van der Waals surface area (Å²) in [6, 6.07) is 9.68. The fraction of sp³-hybridized carbons (Fsp3) is 0.370. The molecule has 1 amide bonds. The number of nitrogens with zero attached hydrogens (tertiary/aromatic N) is 3. The average molecular weight is 509 g/mol. The molecular weight excluding hydrogens is 476 g/mol. The fourth-order valence-electron chi connectivity index (χ4n) is 4.74. The van der Waals surface area contributed by atoms with Crippen molar-refractivity contribution >= 4 is 28.1 Å². The van der Waals surface area contributed by atoms with Gasteiger partial charge in [-0.1, -0.05) is 35.0 Å². The van der Waals surface area contributed by atoms with Crippen molar-refractivity contribution in [3.8, 4) is 0 Å². The Kier molecular flexibility index (Phi) is 7.70. The second-order valence-corrected chi connectivity index (χ2v) is 11.2. The molecule has 1 aromatic carbocycles. The third-order valence-electron chi connectivity index (χ3n) is 6.50. The minimum atomic E-state index is -3.91. The maximum absolute atomic E-state index is 13.7. The van der Waals surface area contributed by atoms with Crippen molar-refractivity contribution in [2.45, 2.75) is 52.0 Å². The Morgan fingerprint density at radius 2 is 1.92 bits per heavy atom. The Labute approximate surface area is 212 Å². The molecule has 8 nitrogen and oxygen atoms in total. The second-order valence-electron chi connectivity index (χ2n) is 9.35. The number of benzene rings is 1. The van der Waals surface area contributed by atoms with Gasteiger partial charge in [0.1, 0.15) is 5.69 Å². The van der Waals surface area contributed by atoms with Crippen LogP contribution in [0.2, 0.25) is 0 Å². The van der Waals surface area contributed by atoms with E-state index in [0.29, 0.717) is 31.6 Å². The summed E-state index contributed by atoms with van der Waals surface area (Å²) in [4.78, 5) is 17.1. The number of nitrogens with one attached hydrogen (secondary N) is 1. The third kappa shape index (κ3) is 5.57. The lowest BCUT2D eigenvalue weighted by Crippen LogP contribution is -2.45. The highest BCUT2D eigenvalue weighted by molar-refractivity contribution is 7.89. The summed E-state index contributed by atoms with van der Waals surface area (Å²) in [6.07, 6.45) is 6.43. The zero-order chi connectivity index (χ0) is 25.9. The number of aryl methyl sites for hydroxylation is 4.